The van der Waals surface area contributed by atoms with Crippen LogP contribution in [0.3, 0.4) is 0 Å². The fourth-order valence-corrected chi connectivity index (χ4v) is 3.99. The number of carbonyl (C=O) groups excluding carboxylic acids is 1. The van der Waals surface area contributed by atoms with E-state index in [1.165, 1.54) is 31.2 Å². The van der Waals surface area contributed by atoms with Gasteiger partial charge in [-0.1, -0.05) is 24.3 Å². The number of rotatable bonds is 6. The molecule has 0 saturated carbocycles. The SMILES string of the molecule is CC(=O)c1ccc(S(=O)(=O)NCc2ccc(-n3c(C)ccc3C)cc2)cc1. The Hall–Kier alpha value is -2.70. The van der Waals surface area contributed by atoms with Crippen molar-refractivity contribution in [2.24, 2.45) is 0 Å². The van der Waals surface area contributed by atoms with E-state index in [0.29, 0.717) is 5.56 Å². The van der Waals surface area contributed by atoms with Crippen LogP contribution in [0.1, 0.15) is 34.2 Å². The summed E-state index contributed by atoms with van der Waals surface area (Å²) < 4.78 is 29.6. The van der Waals surface area contributed by atoms with Crippen LogP contribution < -0.4 is 4.72 Å². The predicted octanol–water partition coefficient (Wildman–Crippen LogP) is 3.78. The van der Waals surface area contributed by atoms with Gasteiger partial charge >= 0.3 is 0 Å². The summed E-state index contributed by atoms with van der Waals surface area (Å²) in [5.41, 5.74) is 4.69. The molecule has 5 nitrogen and oxygen atoms in total. The van der Waals surface area contributed by atoms with Gasteiger partial charge in [-0.25, -0.2) is 13.1 Å². The van der Waals surface area contributed by atoms with Gasteiger partial charge in [0.05, 0.1) is 4.90 Å². The molecule has 27 heavy (non-hydrogen) atoms. The molecule has 0 atom stereocenters. The number of nitrogens with one attached hydrogen (secondary N) is 1. The van der Waals surface area contributed by atoms with E-state index in [9.17, 15) is 13.2 Å². The smallest absolute Gasteiger partial charge is 0.240 e. The van der Waals surface area contributed by atoms with Gasteiger partial charge < -0.3 is 4.57 Å². The van der Waals surface area contributed by atoms with Gasteiger partial charge in [0, 0.05) is 29.2 Å². The molecule has 0 amide bonds. The lowest BCUT2D eigenvalue weighted by molar-refractivity contribution is 0.101. The molecule has 3 rings (SSSR count). The second kappa shape index (κ2) is 7.50. The Labute approximate surface area is 159 Å². The first-order valence-corrected chi connectivity index (χ1v) is 10.1. The zero-order valence-corrected chi connectivity index (χ0v) is 16.4. The first-order chi connectivity index (χ1) is 12.8. The zero-order valence-electron chi connectivity index (χ0n) is 15.6. The molecule has 0 saturated heterocycles. The molecule has 0 spiro atoms. The molecule has 3 aromatic rings. The Balaban J connectivity index is 1.71. The molecule has 1 N–H and O–H groups in total. The van der Waals surface area contributed by atoms with Crippen molar-refractivity contribution in [3.63, 3.8) is 0 Å². The van der Waals surface area contributed by atoms with Crippen molar-refractivity contribution in [2.75, 3.05) is 0 Å². The van der Waals surface area contributed by atoms with Crippen LogP contribution in [-0.2, 0) is 16.6 Å². The summed E-state index contributed by atoms with van der Waals surface area (Å²) >= 11 is 0. The van der Waals surface area contributed by atoms with Crippen molar-refractivity contribution >= 4 is 15.8 Å². The molecule has 140 valence electrons. The molecular formula is C21H22N2O3S. The van der Waals surface area contributed by atoms with Crippen molar-refractivity contribution in [3.8, 4) is 5.69 Å². The van der Waals surface area contributed by atoms with Crippen molar-refractivity contribution < 1.29 is 13.2 Å². The molecule has 0 bridgehead atoms. The van der Waals surface area contributed by atoms with Gasteiger partial charge in [-0.3, -0.25) is 4.79 Å². The highest BCUT2D eigenvalue weighted by Gasteiger charge is 2.14. The molecular weight excluding hydrogens is 360 g/mol. The van der Waals surface area contributed by atoms with E-state index in [0.717, 1.165) is 22.6 Å². The summed E-state index contributed by atoms with van der Waals surface area (Å²) in [5.74, 6) is -0.0971. The lowest BCUT2D eigenvalue weighted by Crippen LogP contribution is -2.23. The number of Topliss-reactive ketones (excluding diaryl/α,β-unsaturated/α-hetero) is 1. The molecule has 0 radical (unpaired) electrons. The molecule has 1 heterocycles. The van der Waals surface area contributed by atoms with E-state index in [4.69, 9.17) is 0 Å². The van der Waals surface area contributed by atoms with E-state index in [1.807, 2.05) is 38.1 Å². The number of hydrogen-bond donors (Lipinski definition) is 1. The number of ketones is 1. The van der Waals surface area contributed by atoms with Crippen molar-refractivity contribution in [3.05, 3.63) is 83.2 Å². The molecule has 2 aromatic carbocycles. The van der Waals surface area contributed by atoms with E-state index < -0.39 is 10.0 Å². The zero-order chi connectivity index (χ0) is 19.6. The minimum Gasteiger partial charge on any atom is -0.319 e. The van der Waals surface area contributed by atoms with Gasteiger partial charge in [0.1, 0.15) is 0 Å². The van der Waals surface area contributed by atoms with Crippen molar-refractivity contribution in [1.82, 2.24) is 9.29 Å². The van der Waals surface area contributed by atoms with Crippen LogP contribution in [0.5, 0.6) is 0 Å². The second-order valence-corrected chi connectivity index (χ2v) is 8.29. The maximum absolute atomic E-state index is 12.4. The summed E-state index contributed by atoms with van der Waals surface area (Å²) in [6.07, 6.45) is 0. The number of aromatic nitrogens is 1. The Kier molecular flexibility index (Phi) is 5.30. The van der Waals surface area contributed by atoms with Crippen molar-refractivity contribution in [2.45, 2.75) is 32.2 Å². The standard InChI is InChI=1S/C21H22N2O3S/c1-15-4-5-16(2)23(15)20-10-6-18(7-11-20)14-22-27(25,26)21-12-8-19(9-13-21)17(3)24/h4-13,22H,14H2,1-3H3. The summed E-state index contributed by atoms with van der Waals surface area (Å²) in [6.45, 7) is 5.74. The van der Waals surface area contributed by atoms with E-state index in [1.54, 1.807) is 0 Å². The largest absolute Gasteiger partial charge is 0.319 e. The maximum atomic E-state index is 12.4. The van der Waals surface area contributed by atoms with Crippen LogP contribution in [0, 0.1) is 13.8 Å². The monoisotopic (exact) mass is 382 g/mol. The average molecular weight is 382 g/mol. The molecule has 6 heteroatoms. The van der Waals surface area contributed by atoms with Crippen LogP contribution in [0.25, 0.3) is 5.69 Å². The molecule has 0 aliphatic heterocycles. The third-order valence-corrected chi connectivity index (χ3v) is 5.92. The van der Waals surface area contributed by atoms with Gasteiger partial charge in [-0.2, -0.15) is 0 Å². The van der Waals surface area contributed by atoms with Crippen LogP contribution in [-0.4, -0.2) is 18.8 Å². The van der Waals surface area contributed by atoms with Gasteiger partial charge in [0.2, 0.25) is 10.0 Å². The highest BCUT2D eigenvalue weighted by atomic mass is 32.2. The number of sulfonamides is 1. The Bertz CT molecular complexity index is 1040. The lowest BCUT2D eigenvalue weighted by Gasteiger charge is -2.11. The molecule has 0 aliphatic rings. The number of hydrogen-bond acceptors (Lipinski definition) is 3. The fourth-order valence-electron chi connectivity index (χ4n) is 2.97. The summed E-state index contributed by atoms with van der Waals surface area (Å²) in [4.78, 5) is 11.4. The van der Waals surface area contributed by atoms with Gasteiger partial charge in [0.25, 0.3) is 0 Å². The highest BCUT2D eigenvalue weighted by Crippen LogP contribution is 2.17. The second-order valence-electron chi connectivity index (χ2n) is 6.52. The van der Waals surface area contributed by atoms with E-state index >= 15 is 0 Å². The molecule has 0 aliphatic carbocycles. The lowest BCUT2D eigenvalue weighted by atomic mass is 10.2. The van der Waals surface area contributed by atoms with Gasteiger partial charge in [-0.15, -0.1) is 0 Å². The quantitative estimate of drug-likeness (QED) is 0.660. The topological polar surface area (TPSA) is 68.2 Å². The minimum atomic E-state index is -3.63. The highest BCUT2D eigenvalue weighted by molar-refractivity contribution is 7.89. The fraction of sp³-hybridized carbons (Fsp3) is 0.190. The summed E-state index contributed by atoms with van der Waals surface area (Å²) in [7, 11) is -3.63. The van der Waals surface area contributed by atoms with E-state index in [-0.39, 0.29) is 17.2 Å². The summed E-state index contributed by atoms with van der Waals surface area (Å²) in [6, 6.07) is 17.8. The van der Waals surface area contributed by atoms with Crippen LogP contribution in [0.2, 0.25) is 0 Å². The first-order valence-electron chi connectivity index (χ1n) is 8.63. The number of benzene rings is 2. The van der Waals surface area contributed by atoms with Crippen LogP contribution in [0.15, 0.2) is 65.6 Å². The number of aryl methyl sites for hydroxylation is 2. The van der Waals surface area contributed by atoms with Crippen LogP contribution in [0.4, 0.5) is 0 Å². The molecule has 0 fully saturated rings. The van der Waals surface area contributed by atoms with Gasteiger partial charge in [0.15, 0.2) is 5.78 Å². The Morgan fingerprint density at radius 2 is 1.44 bits per heavy atom. The number of carbonyl (C=O) groups is 1. The van der Waals surface area contributed by atoms with Crippen molar-refractivity contribution in [1.29, 1.82) is 0 Å². The summed E-state index contributed by atoms with van der Waals surface area (Å²) in [5, 5.41) is 0. The van der Waals surface area contributed by atoms with Crippen LogP contribution >= 0.6 is 0 Å². The minimum absolute atomic E-state index is 0.0971. The predicted molar refractivity (Wildman–Crippen MR) is 106 cm³/mol. The average Bonchev–Trinajstić information content (AvgIpc) is 2.99. The third kappa shape index (κ3) is 4.18. The third-order valence-electron chi connectivity index (χ3n) is 4.50. The Morgan fingerprint density at radius 3 is 1.96 bits per heavy atom. The maximum Gasteiger partial charge on any atom is 0.240 e. The van der Waals surface area contributed by atoms with E-state index in [2.05, 4.69) is 21.4 Å². The first kappa shape index (κ1) is 19.1. The number of nitrogens with zero attached hydrogens (tertiary/aromatic N) is 1. The molecule has 1 aromatic heterocycles. The molecule has 0 unspecified atom stereocenters. The van der Waals surface area contributed by atoms with Gasteiger partial charge in [-0.05, 0) is 62.7 Å². The normalized spacial score (nSPS) is 11.5. The Morgan fingerprint density at radius 1 is 0.889 bits per heavy atom.